The highest BCUT2D eigenvalue weighted by atomic mass is 19.1. The Labute approximate surface area is 175 Å². The van der Waals surface area contributed by atoms with Crippen molar-refractivity contribution in [2.24, 2.45) is 11.8 Å². The molecule has 1 atom stereocenters. The van der Waals surface area contributed by atoms with Crippen LogP contribution in [0.3, 0.4) is 0 Å². The van der Waals surface area contributed by atoms with Gasteiger partial charge in [0.1, 0.15) is 17.5 Å². The van der Waals surface area contributed by atoms with Crippen LogP contribution in [-0.2, 0) is 9.53 Å². The van der Waals surface area contributed by atoms with E-state index in [9.17, 15) is 9.18 Å². The van der Waals surface area contributed by atoms with Crippen LogP contribution in [0.25, 0.3) is 11.1 Å². The number of carbonyl (C=O) groups is 1. The summed E-state index contributed by atoms with van der Waals surface area (Å²) < 4.78 is 19.9. The number of rotatable bonds is 6. The lowest BCUT2D eigenvalue weighted by Crippen LogP contribution is -2.37. The van der Waals surface area contributed by atoms with Crippen molar-refractivity contribution in [3.05, 3.63) is 36.4 Å². The predicted molar refractivity (Wildman–Crippen MR) is 114 cm³/mol. The van der Waals surface area contributed by atoms with Gasteiger partial charge in [-0.3, -0.25) is 4.79 Å². The molecule has 7 nitrogen and oxygen atoms in total. The van der Waals surface area contributed by atoms with Crippen LogP contribution in [0.4, 0.5) is 16.0 Å². The number of hydrogen-bond acceptors (Lipinski definition) is 6. The number of nitrogens with zero attached hydrogens (tertiary/aromatic N) is 2. The molecule has 4 heterocycles. The summed E-state index contributed by atoms with van der Waals surface area (Å²) in [5.74, 6) is 1.01. The molecule has 0 spiro atoms. The van der Waals surface area contributed by atoms with Gasteiger partial charge in [0, 0.05) is 38.1 Å². The third kappa shape index (κ3) is 5.31. The normalized spacial score (nSPS) is 20.0. The molecule has 0 saturated carbocycles. The molecule has 2 aromatic heterocycles. The van der Waals surface area contributed by atoms with Crippen molar-refractivity contribution in [3.8, 4) is 11.1 Å². The number of hydrogen-bond donors (Lipinski definition) is 3. The number of anilines is 2. The first-order valence-electron chi connectivity index (χ1n) is 10.6. The molecule has 2 fully saturated rings. The summed E-state index contributed by atoms with van der Waals surface area (Å²) in [6.07, 6.45) is 6.70. The van der Waals surface area contributed by atoms with Crippen molar-refractivity contribution in [1.29, 1.82) is 0 Å². The maximum absolute atomic E-state index is 14.5. The summed E-state index contributed by atoms with van der Waals surface area (Å²) in [5, 5.41) is 9.41. The van der Waals surface area contributed by atoms with E-state index in [0.29, 0.717) is 35.2 Å². The zero-order valence-electron chi connectivity index (χ0n) is 17.0. The van der Waals surface area contributed by atoms with Gasteiger partial charge in [0.15, 0.2) is 0 Å². The minimum absolute atomic E-state index is 0.0826. The van der Waals surface area contributed by atoms with Gasteiger partial charge in [0.05, 0.1) is 12.1 Å². The average molecular weight is 413 g/mol. The number of halogens is 1. The van der Waals surface area contributed by atoms with Gasteiger partial charge in [-0.25, -0.2) is 14.4 Å². The number of nitrogens with one attached hydrogen (secondary N) is 3. The van der Waals surface area contributed by atoms with Crippen molar-refractivity contribution in [2.75, 3.05) is 43.5 Å². The Morgan fingerprint density at radius 2 is 2.07 bits per heavy atom. The van der Waals surface area contributed by atoms with Gasteiger partial charge >= 0.3 is 0 Å². The summed E-state index contributed by atoms with van der Waals surface area (Å²) in [6, 6.07) is 5.17. The molecule has 2 saturated heterocycles. The fourth-order valence-corrected chi connectivity index (χ4v) is 3.93. The Morgan fingerprint density at radius 3 is 2.87 bits per heavy atom. The molecule has 0 bridgehead atoms. The number of aromatic nitrogens is 2. The third-order valence-corrected chi connectivity index (χ3v) is 5.76. The molecule has 3 N–H and O–H groups in total. The second-order valence-corrected chi connectivity index (χ2v) is 7.95. The first kappa shape index (κ1) is 20.7. The van der Waals surface area contributed by atoms with Crippen LogP contribution in [-0.4, -0.2) is 48.7 Å². The Hall–Kier alpha value is -2.58. The van der Waals surface area contributed by atoms with Crippen molar-refractivity contribution < 1.29 is 13.9 Å². The topological polar surface area (TPSA) is 88.2 Å². The second-order valence-electron chi connectivity index (χ2n) is 7.95. The van der Waals surface area contributed by atoms with Gasteiger partial charge in [-0.05, 0) is 61.9 Å². The second kappa shape index (κ2) is 9.95. The van der Waals surface area contributed by atoms with Crippen molar-refractivity contribution in [3.63, 3.8) is 0 Å². The number of pyridine rings is 2. The molecule has 0 aliphatic carbocycles. The molecule has 2 aliphatic rings. The van der Waals surface area contributed by atoms with E-state index < -0.39 is 5.82 Å². The zero-order chi connectivity index (χ0) is 20.8. The van der Waals surface area contributed by atoms with Gasteiger partial charge < -0.3 is 20.7 Å². The average Bonchev–Trinajstić information content (AvgIpc) is 2.80. The highest BCUT2D eigenvalue weighted by Gasteiger charge is 2.21. The van der Waals surface area contributed by atoms with Crippen LogP contribution in [0, 0.1) is 17.7 Å². The molecular formula is C22H28FN5O2. The van der Waals surface area contributed by atoms with Gasteiger partial charge in [0.25, 0.3) is 0 Å². The molecule has 1 amide bonds. The van der Waals surface area contributed by atoms with Crippen LogP contribution < -0.4 is 16.0 Å². The summed E-state index contributed by atoms with van der Waals surface area (Å²) >= 11 is 0. The predicted octanol–water partition coefficient (Wildman–Crippen LogP) is 3.06. The molecule has 1 unspecified atom stereocenters. The standard InChI is InChI=1S/C22H28FN5O2/c23-19-14-27-21(28-22(29)17-2-1-6-24-13-17)11-18(19)16-3-7-25-20(10-16)26-12-15-4-8-30-9-5-15/h3,7,10-11,14-15,17,24H,1-2,4-6,8-9,12-13H2,(H,25,26)(H,27,28,29). The summed E-state index contributed by atoms with van der Waals surface area (Å²) in [4.78, 5) is 20.9. The maximum atomic E-state index is 14.5. The molecule has 0 radical (unpaired) electrons. The highest BCUT2D eigenvalue weighted by molar-refractivity contribution is 5.92. The SMILES string of the molecule is O=C(Nc1cc(-c2ccnc(NCC3CCOCC3)c2)c(F)cn1)C1CCCNC1. The van der Waals surface area contributed by atoms with Gasteiger partial charge in [0.2, 0.25) is 5.91 Å². The van der Waals surface area contributed by atoms with Crippen molar-refractivity contribution in [2.45, 2.75) is 25.7 Å². The first-order chi connectivity index (χ1) is 14.7. The molecule has 4 rings (SSSR count). The molecule has 2 aliphatic heterocycles. The van der Waals surface area contributed by atoms with E-state index in [1.165, 1.54) is 0 Å². The van der Waals surface area contributed by atoms with Crippen LogP contribution in [0.1, 0.15) is 25.7 Å². The zero-order valence-corrected chi connectivity index (χ0v) is 17.0. The van der Waals surface area contributed by atoms with Crippen molar-refractivity contribution in [1.82, 2.24) is 15.3 Å². The molecule has 0 aromatic carbocycles. The van der Waals surface area contributed by atoms with E-state index in [0.717, 1.165) is 58.2 Å². The highest BCUT2D eigenvalue weighted by Crippen LogP contribution is 2.27. The molecule has 8 heteroatoms. The van der Waals surface area contributed by atoms with E-state index in [2.05, 4.69) is 25.9 Å². The Kier molecular flexibility index (Phi) is 6.86. The lowest BCUT2D eigenvalue weighted by molar-refractivity contribution is -0.120. The Balaban J connectivity index is 1.45. The fourth-order valence-electron chi connectivity index (χ4n) is 3.93. The van der Waals surface area contributed by atoms with Crippen LogP contribution in [0.5, 0.6) is 0 Å². The van der Waals surface area contributed by atoms with Crippen LogP contribution in [0.15, 0.2) is 30.6 Å². The number of ether oxygens (including phenoxy) is 1. The van der Waals surface area contributed by atoms with Crippen molar-refractivity contribution >= 4 is 17.5 Å². The van der Waals surface area contributed by atoms with E-state index in [1.54, 1.807) is 18.3 Å². The van der Waals surface area contributed by atoms with E-state index in [4.69, 9.17) is 4.74 Å². The number of carbonyl (C=O) groups excluding carboxylic acids is 1. The Morgan fingerprint density at radius 1 is 1.20 bits per heavy atom. The summed E-state index contributed by atoms with van der Waals surface area (Å²) in [6.45, 7) is 4.01. The summed E-state index contributed by atoms with van der Waals surface area (Å²) in [5.41, 5.74) is 1.08. The van der Waals surface area contributed by atoms with E-state index in [-0.39, 0.29) is 11.8 Å². The smallest absolute Gasteiger partial charge is 0.229 e. The van der Waals surface area contributed by atoms with Gasteiger partial charge in [-0.15, -0.1) is 0 Å². The monoisotopic (exact) mass is 413 g/mol. The lowest BCUT2D eigenvalue weighted by Gasteiger charge is -2.22. The molecule has 30 heavy (non-hydrogen) atoms. The first-order valence-corrected chi connectivity index (χ1v) is 10.6. The van der Waals surface area contributed by atoms with Crippen LogP contribution in [0.2, 0.25) is 0 Å². The minimum atomic E-state index is -0.436. The number of amides is 1. The molecule has 160 valence electrons. The molecular weight excluding hydrogens is 385 g/mol. The summed E-state index contributed by atoms with van der Waals surface area (Å²) in [7, 11) is 0. The fraction of sp³-hybridized carbons (Fsp3) is 0.500. The Bertz CT molecular complexity index is 866. The third-order valence-electron chi connectivity index (χ3n) is 5.76. The maximum Gasteiger partial charge on any atom is 0.229 e. The quantitative estimate of drug-likeness (QED) is 0.675. The van der Waals surface area contributed by atoms with E-state index in [1.807, 2.05) is 6.07 Å². The minimum Gasteiger partial charge on any atom is -0.381 e. The van der Waals surface area contributed by atoms with Crippen LogP contribution >= 0.6 is 0 Å². The van der Waals surface area contributed by atoms with Gasteiger partial charge in [-0.2, -0.15) is 0 Å². The lowest BCUT2D eigenvalue weighted by atomic mass is 9.99. The largest absolute Gasteiger partial charge is 0.381 e. The van der Waals surface area contributed by atoms with E-state index >= 15 is 0 Å². The molecule has 2 aromatic rings. The number of piperidine rings is 1. The van der Waals surface area contributed by atoms with Gasteiger partial charge in [-0.1, -0.05) is 0 Å².